The minimum Gasteiger partial charge on any atom is -0.456 e. The lowest BCUT2D eigenvalue weighted by Gasteiger charge is -2.24. The third-order valence-electron chi connectivity index (χ3n) is 7.97. The van der Waals surface area contributed by atoms with E-state index < -0.39 is 0 Å². The highest BCUT2D eigenvalue weighted by Crippen LogP contribution is 2.37. The smallest absolute Gasteiger partial charge is 0.159 e. The Balaban J connectivity index is 1.22. The van der Waals surface area contributed by atoms with E-state index in [1.807, 2.05) is 42.5 Å². The first-order valence-corrected chi connectivity index (χ1v) is 14.5. The maximum Gasteiger partial charge on any atom is 0.159 e. The molecule has 0 bridgehead atoms. The van der Waals surface area contributed by atoms with Crippen LogP contribution < -0.4 is 5.32 Å². The van der Waals surface area contributed by atoms with E-state index in [2.05, 4.69) is 115 Å². The van der Waals surface area contributed by atoms with Crippen molar-refractivity contribution in [2.75, 3.05) is 0 Å². The molecule has 0 radical (unpaired) electrons. The lowest BCUT2D eigenvalue weighted by molar-refractivity contribution is 0.662. The quantitative estimate of drug-likeness (QED) is 0.231. The van der Waals surface area contributed by atoms with E-state index in [4.69, 9.17) is 14.4 Å². The highest BCUT2D eigenvalue weighted by Gasteiger charge is 2.24. The summed E-state index contributed by atoms with van der Waals surface area (Å²) in [4.78, 5) is 10.1. The van der Waals surface area contributed by atoms with Crippen LogP contribution in [-0.2, 0) is 0 Å². The van der Waals surface area contributed by atoms with Crippen molar-refractivity contribution in [3.63, 3.8) is 0 Å². The molecule has 0 amide bonds. The molecule has 4 nitrogen and oxygen atoms in total. The van der Waals surface area contributed by atoms with Crippen molar-refractivity contribution in [2.24, 2.45) is 9.98 Å². The van der Waals surface area contributed by atoms with Crippen LogP contribution in [0.3, 0.4) is 0 Å². The van der Waals surface area contributed by atoms with E-state index in [1.165, 1.54) is 11.1 Å². The first-order valence-electron chi connectivity index (χ1n) is 14.5. The predicted octanol–water partition coefficient (Wildman–Crippen LogP) is 9.42. The Bertz CT molecular complexity index is 2130. The zero-order chi connectivity index (χ0) is 28.6. The lowest BCUT2D eigenvalue weighted by Crippen LogP contribution is -2.33. The van der Waals surface area contributed by atoms with Crippen molar-refractivity contribution in [2.45, 2.75) is 6.17 Å². The number of rotatable bonds is 5. The Labute approximate surface area is 249 Å². The summed E-state index contributed by atoms with van der Waals surface area (Å²) in [6, 6.07) is 52.2. The molecule has 1 N–H and O–H groups in total. The van der Waals surface area contributed by atoms with Crippen LogP contribution in [0.2, 0.25) is 0 Å². The molecule has 0 saturated carbocycles. The number of nitrogens with zero attached hydrogens (tertiary/aromatic N) is 2. The molecule has 0 aliphatic carbocycles. The number of aliphatic imine (C=N–C) groups is 2. The summed E-state index contributed by atoms with van der Waals surface area (Å²) < 4.78 is 6.42. The fourth-order valence-corrected chi connectivity index (χ4v) is 5.81. The number of fused-ring (bicyclic) bond motifs is 3. The summed E-state index contributed by atoms with van der Waals surface area (Å²) in [5.41, 5.74) is 9.37. The van der Waals surface area contributed by atoms with Gasteiger partial charge in [0.15, 0.2) is 5.84 Å². The van der Waals surface area contributed by atoms with Crippen molar-refractivity contribution in [1.82, 2.24) is 5.32 Å². The van der Waals surface area contributed by atoms with Gasteiger partial charge in [0.2, 0.25) is 0 Å². The molecule has 7 aromatic rings. The first kappa shape index (κ1) is 25.0. The van der Waals surface area contributed by atoms with E-state index in [-0.39, 0.29) is 6.17 Å². The van der Waals surface area contributed by atoms with Crippen LogP contribution in [0, 0.1) is 0 Å². The van der Waals surface area contributed by atoms with Gasteiger partial charge in [-0.2, -0.15) is 0 Å². The minimum absolute atomic E-state index is 0.352. The summed E-state index contributed by atoms with van der Waals surface area (Å²) in [5.74, 6) is 1.48. The van der Waals surface area contributed by atoms with Gasteiger partial charge in [-0.15, -0.1) is 0 Å². The monoisotopic (exact) mass is 553 g/mol. The molecule has 1 aliphatic heterocycles. The molecule has 1 unspecified atom stereocenters. The summed E-state index contributed by atoms with van der Waals surface area (Å²) in [6.45, 7) is 0. The van der Waals surface area contributed by atoms with Gasteiger partial charge >= 0.3 is 0 Å². The predicted molar refractivity (Wildman–Crippen MR) is 176 cm³/mol. The van der Waals surface area contributed by atoms with Crippen LogP contribution in [0.25, 0.3) is 44.2 Å². The molecule has 1 aliphatic rings. The second kappa shape index (κ2) is 10.6. The number of amidine groups is 2. The molecule has 1 aromatic heterocycles. The fourth-order valence-electron chi connectivity index (χ4n) is 5.81. The third-order valence-corrected chi connectivity index (χ3v) is 7.97. The Kier molecular flexibility index (Phi) is 6.16. The van der Waals surface area contributed by atoms with E-state index >= 15 is 0 Å². The molecular weight excluding hydrogens is 526 g/mol. The average molecular weight is 554 g/mol. The number of furan rings is 1. The maximum atomic E-state index is 6.42. The lowest BCUT2D eigenvalue weighted by atomic mass is 10.00. The largest absolute Gasteiger partial charge is 0.456 e. The van der Waals surface area contributed by atoms with Crippen LogP contribution in [-0.4, -0.2) is 11.7 Å². The van der Waals surface area contributed by atoms with Gasteiger partial charge in [-0.05, 0) is 40.5 Å². The van der Waals surface area contributed by atoms with Gasteiger partial charge in [0.25, 0.3) is 0 Å². The Hall–Kier alpha value is -5.74. The molecule has 2 heterocycles. The van der Waals surface area contributed by atoms with E-state index in [0.717, 1.165) is 55.6 Å². The SMILES string of the molecule is c1ccc(C2=NC(c3cccc4oc5cc(-c6ccccc6)ccc5c34)NC(c3ccc(-c4ccccc4)cc3)=N2)cc1. The molecule has 8 rings (SSSR count). The van der Waals surface area contributed by atoms with E-state index in [1.54, 1.807) is 0 Å². The van der Waals surface area contributed by atoms with Crippen molar-refractivity contribution in [1.29, 1.82) is 0 Å². The second-order valence-corrected chi connectivity index (χ2v) is 10.7. The third kappa shape index (κ3) is 4.69. The number of hydrogen-bond donors (Lipinski definition) is 1. The van der Waals surface area contributed by atoms with Gasteiger partial charge in [0.1, 0.15) is 23.2 Å². The Morgan fingerprint density at radius 1 is 0.488 bits per heavy atom. The Morgan fingerprint density at radius 2 is 1.07 bits per heavy atom. The van der Waals surface area contributed by atoms with Crippen LogP contribution in [0.5, 0.6) is 0 Å². The first-order chi connectivity index (χ1) is 21.3. The van der Waals surface area contributed by atoms with Crippen molar-refractivity contribution in [3.05, 3.63) is 168 Å². The Morgan fingerprint density at radius 3 is 1.77 bits per heavy atom. The molecule has 0 spiro atoms. The van der Waals surface area contributed by atoms with Crippen molar-refractivity contribution >= 4 is 33.6 Å². The highest BCUT2D eigenvalue weighted by atomic mass is 16.3. The van der Waals surface area contributed by atoms with Crippen molar-refractivity contribution < 1.29 is 4.42 Å². The summed E-state index contributed by atoms with van der Waals surface area (Å²) in [6.07, 6.45) is -0.352. The molecule has 6 aromatic carbocycles. The molecule has 204 valence electrons. The summed E-state index contributed by atoms with van der Waals surface area (Å²) in [5, 5.41) is 5.78. The standard InChI is InChI=1S/C39H27N3O/c1-4-11-26(12-5-1)28-19-21-30(22-20-28)38-40-37(29-15-8-3-9-16-29)41-39(42-38)33-17-10-18-34-36(33)32-24-23-31(25-35(32)43-34)27-13-6-2-7-14-27/h1-25,39H,(H,40,41,42). The topological polar surface area (TPSA) is 49.9 Å². The van der Waals surface area contributed by atoms with Gasteiger partial charge in [-0.25, -0.2) is 9.98 Å². The van der Waals surface area contributed by atoms with Gasteiger partial charge < -0.3 is 9.73 Å². The van der Waals surface area contributed by atoms with Gasteiger partial charge in [-0.3, -0.25) is 0 Å². The summed E-state index contributed by atoms with van der Waals surface area (Å²) in [7, 11) is 0. The molecular formula is C39H27N3O. The normalized spacial score (nSPS) is 14.7. The minimum atomic E-state index is -0.352. The number of benzene rings is 6. The fraction of sp³-hybridized carbons (Fsp3) is 0.0256. The summed E-state index contributed by atoms with van der Waals surface area (Å²) >= 11 is 0. The number of hydrogen-bond acceptors (Lipinski definition) is 4. The zero-order valence-corrected chi connectivity index (χ0v) is 23.3. The number of nitrogens with one attached hydrogen (secondary N) is 1. The molecule has 4 heteroatoms. The zero-order valence-electron chi connectivity index (χ0n) is 23.3. The van der Waals surface area contributed by atoms with Crippen molar-refractivity contribution in [3.8, 4) is 22.3 Å². The van der Waals surface area contributed by atoms with Gasteiger partial charge in [0, 0.05) is 27.5 Å². The second-order valence-electron chi connectivity index (χ2n) is 10.7. The highest BCUT2D eigenvalue weighted by molar-refractivity contribution is 6.14. The van der Waals surface area contributed by atoms with Crippen LogP contribution in [0.4, 0.5) is 0 Å². The molecule has 0 fully saturated rings. The van der Waals surface area contributed by atoms with Crippen LogP contribution in [0.1, 0.15) is 22.9 Å². The maximum absolute atomic E-state index is 6.42. The average Bonchev–Trinajstić information content (AvgIpc) is 3.47. The van der Waals surface area contributed by atoms with Crippen LogP contribution in [0.15, 0.2) is 166 Å². The van der Waals surface area contributed by atoms with E-state index in [0.29, 0.717) is 5.84 Å². The molecule has 0 saturated heterocycles. The van der Waals surface area contributed by atoms with Crippen LogP contribution >= 0.6 is 0 Å². The van der Waals surface area contributed by atoms with E-state index in [9.17, 15) is 0 Å². The van der Waals surface area contributed by atoms with Gasteiger partial charge in [-0.1, -0.05) is 133 Å². The molecule has 43 heavy (non-hydrogen) atoms. The molecule has 1 atom stereocenters. The van der Waals surface area contributed by atoms with Gasteiger partial charge in [0.05, 0.1) is 0 Å².